The summed E-state index contributed by atoms with van der Waals surface area (Å²) in [6.45, 7) is 0. The normalized spacial score (nSPS) is 1.00. The summed E-state index contributed by atoms with van der Waals surface area (Å²) in [4.78, 5) is 16.0. The molecule has 0 heterocycles. The van der Waals surface area contributed by atoms with E-state index in [-0.39, 0.29) is 42.6 Å². The van der Waals surface area contributed by atoms with Crippen molar-refractivity contribution in [2.45, 2.75) is 37.1 Å². The zero-order valence-electron chi connectivity index (χ0n) is 2.69. The van der Waals surface area contributed by atoms with E-state index in [2.05, 4.69) is 22.6 Å². The molecule has 3 nitrogen and oxygen atoms in total. The Morgan fingerprint density at radius 2 is 0.700 bits per heavy atom. The molecule has 0 amide bonds. The second-order valence-corrected chi connectivity index (χ2v) is 0. The summed E-state index contributed by atoms with van der Waals surface area (Å²) >= 11 is 2.15. The Labute approximate surface area is 80.3 Å². The van der Waals surface area contributed by atoms with E-state index < -0.39 is 0 Å². The molecule has 0 unspecified atom stereocenters. The van der Waals surface area contributed by atoms with E-state index in [0.717, 1.165) is 0 Å². The molecule has 0 radical (unpaired) electrons. The van der Waals surface area contributed by atoms with Crippen LogP contribution in [0.5, 0.6) is 0 Å². The number of halogens is 1. The SMILES string of the molecule is C.C.C.C.C.CI.O.O=O. The predicted octanol–water partition coefficient (Wildman–Crippen LogP) is 3.47. The van der Waals surface area contributed by atoms with Gasteiger partial charge in [0.15, 0.2) is 0 Å². The third-order valence-electron chi connectivity index (χ3n) is 0. The largest absolute Gasteiger partial charge is 0.412 e. The lowest BCUT2D eigenvalue weighted by Crippen LogP contribution is -0.798. The second-order valence-electron chi connectivity index (χ2n) is 0. The first-order valence-electron chi connectivity index (χ1n) is 0.545. The molecule has 0 aromatic carbocycles. The molecule has 0 bridgehead atoms. The van der Waals surface area contributed by atoms with Crippen LogP contribution < -0.4 is 0 Å². The molecular formula is C6H25IO3. The van der Waals surface area contributed by atoms with Crippen molar-refractivity contribution in [2.75, 3.05) is 4.93 Å². The van der Waals surface area contributed by atoms with Crippen LogP contribution in [0.1, 0.15) is 37.1 Å². The number of rotatable bonds is 0. The van der Waals surface area contributed by atoms with Crippen LogP contribution in [-0.2, 0) is 0 Å². The molecule has 4 heteroatoms. The van der Waals surface area contributed by atoms with Crippen molar-refractivity contribution in [1.29, 1.82) is 0 Å². The molecule has 0 aromatic rings. The fourth-order valence-corrected chi connectivity index (χ4v) is 0. The van der Waals surface area contributed by atoms with Crippen molar-refractivity contribution in [3.8, 4) is 0 Å². The van der Waals surface area contributed by atoms with E-state index in [4.69, 9.17) is 9.93 Å². The van der Waals surface area contributed by atoms with Gasteiger partial charge in [-0.25, -0.2) is 0 Å². The van der Waals surface area contributed by atoms with Gasteiger partial charge in [0.1, 0.15) is 0 Å². The number of hydrogen-bond donors (Lipinski definition) is 0. The maximum absolute atomic E-state index is 7.00. The highest BCUT2D eigenvalue weighted by Gasteiger charge is 0.950. The smallest absolute Gasteiger partial charge is 0 e. The molecular weight excluding hydrogens is 247 g/mol. The zero-order valence-corrected chi connectivity index (χ0v) is 4.85. The Morgan fingerprint density at radius 3 is 0.700 bits per heavy atom. The van der Waals surface area contributed by atoms with E-state index >= 15 is 0 Å². The van der Waals surface area contributed by atoms with Crippen molar-refractivity contribution < 1.29 is 5.48 Å². The van der Waals surface area contributed by atoms with Crippen molar-refractivity contribution in [3.63, 3.8) is 0 Å². The predicted molar refractivity (Wildman–Crippen MR) is 63.9 cm³/mol. The summed E-state index contributed by atoms with van der Waals surface area (Å²) in [5.41, 5.74) is 0. The molecule has 0 aliphatic heterocycles. The van der Waals surface area contributed by atoms with Crippen molar-refractivity contribution in [1.82, 2.24) is 0 Å². The minimum Gasteiger partial charge on any atom is -0.412 e. The van der Waals surface area contributed by atoms with Crippen LogP contribution in [0.4, 0.5) is 0 Å². The van der Waals surface area contributed by atoms with Gasteiger partial charge >= 0.3 is 0 Å². The van der Waals surface area contributed by atoms with Crippen LogP contribution in [0.15, 0.2) is 0 Å². The van der Waals surface area contributed by atoms with E-state index in [1.54, 1.807) is 0 Å². The van der Waals surface area contributed by atoms with Crippen LogP contribution in [-0.4, -0.2) is 10.4 Å². The molecule has 10 heavy (non-hydrogen) atoms. The number of hydrogen-bond acceptors (Lipinski definition) is 2. The van der Waals surface area contributed by atoms with Crippen molar-refractivity contribution in [3.05, 3.63) is 9.93 Å². The number of alkyl halides is 1. The zero-order chi connectivity index (χ0) is 4.00. The standard InChI is InChI=1S/CH3I.5CH4.O2.H2O/c1-2;;;;;;1-2;/h1H3;5*1H4;;1H2. The summed E-state index contributed by atoms with van der Waals surface area (Å²) in [6, 6.07) is 0. The van der Waals surface area contributed by atoms with Crippen LogP contribution in [0.2, 0.25) is 0 Å². The molecule has 0 saturated heterocycles. The highest BCUT2D eigenvalue weighted by molar-refractivity contribution is 14.1. The Hall–Kier alpha value is 0.290. The fraction of sp³-hybridized carbons (Fsp3) is 1.00. The van der Waals surface area contributed by atoms with E-state index in [0.29, 0.717) is 0 Å². The highest BCUT2D eigenvalue weighted by atomic mass is 127. The molecule has 74 valence electrons. The summed E-state index contributed by atoms with van der Waals surface area (Å²) in [6.07, 6.45) is 0. The molecule has 0 fully saturated rings. The van der Waals surface area contributed by atoms with Crippen LogP contribution >= 0.6 is 22.6 Å². The summed E-state index contributed by atoms with van der Waals surface area (Å²) in [5.74, 6) is 0. The Morgan fingerprint density at radius 1 is 0.700 bits per heavy atom. The topological polar surface area (TPSA) is 65.6 Å². The van der Waals surface area contributed by atoms with Gasteiger partial charge in [-0.05, 0) is 4.93 Å². The third kappa shape index (κ3) is 5240. The Kier molecular flexibility index (Phi) is 129000. The quantitative estimate of drug-likeness (QED) is 0.500. The molecule has 0 aliphatic rings. The average Bonchev–Trinajstić information content (AvgIpc) is 1.50. The minimum absolute atomic E-state index is 0. The summed E-state index contributed by atoms with van der Waals surface area (Å²) in [7, 11) is 0. The van der Waals surface area contributed by atoms with Crippen molar-refractivity contribution >= 4 is 22.6 Å². The van der Waals surface area contributed by atoms with Crippen LogP contribution in [0.3, 0.4) is 0 Å². The maximum atomic E-state index is 7.00. The van der Waals surface area contributed by atoms with Crippen LogP contribution in [0, 0.1) is 9.93 Å². The Bertz CT molecular complexity index is 13.0. The lowest BCUT2D eigenvalue weighted by Gasteiger charge is -1.05. The monoisotopic (exact) mass is 272 g/mol. The van der Waals surface area contributed by atoms with Gasteiger partial charge < -0.3 is 5.48 Å². The van der Waals surface area contributed by atoms with Gasteiger partial charge in [0, 0.05) is 9.93 Å². The minimum atomic E-state index is 0. The average molecular weight is 272 g/mol. The summed E-state index contributed by atoms with van der Waals surface area (Å²) in [5, 5.41) is 0. The highest BCUT2D eigenvalue weighted by Crippen LogP contribution is 1.48. The van der Waals surface area contributed by atoms with Gasteiger partial charge in [0.05, 0.1) is 0 Å². The first-order valence-corrected chi connectivity index (χ1v) is 2.70. The van der Waals surface area contributed by atoms with Gasteiger partial charge in [-0.3, -0.25) is 0 Å². The van der Waals surface area contributed by atoms with Gasteiger partial charge in [0.2, 0.25) is 0 Å². The second kappa shape index (κ2) is 7590. The van der Waals surface area contributed by atoms with Crippen LogP contribution in [0.25, 0.3) is 0 Å². The first-order chi connectivity index (χ1) is 2.00. The summed E-state index contributed by atoms with van der Waals surface area (Å²) < 4.78 is 0. The molecule has 0 atom stereocenters. The lowest BCUT2D eigenvalue weighted by molar-refractivity contribution is 0.824. The van der Waals surface area contributed by atoms with E-state index in [1.165, 1.54) is 0 Å². The molecule has 0 saturated carbocycles. The Balaban J connectivity index is -0.000000000833. The fourth-order valence-electron chi connectivity index (χ4n) is 0. The first kappa shape index (κ1) is 169. The molecule has 0 aromatic heterocycles. The van der Waals surface area contributed by atoms with Crippen molar-refractivity contribution in [2.24, 2.45) is 0 Å². The third-order valence-corrected chi connectivity index (χ3v) is 0. The molecule has 0 rings (SSSR count). The maximum Gasteiger partial charge on any atom is 0 e. The lowest BCUT2D eigenvalue weighted by atomic mass is 12.0. The molecule has 0 aliphatic carbocycles. The molecule has 2 N–H and O–H groups in total. The van der Waals surface area contributed by atoms with Gasteiger partial charge in [-0.2, -0.15) is 0 Å². The molecule has 0 spiro atoms. The van der Waals surface area contributed by atoms with Gasteiger partial charge in [-0.15, -0.1) is 0 Å². The van der Waals surface area contributed by atoms with E-state index in [1.807, 2.05) is 4.93 Å². The van der Waals surface area contributed by atoms with Gasteiger partial charge in [-0.1, -0.05) is 59.7 Å². The van der Waals surface area contributed by atoms with E-state index in [9.17, 15) is 0 Å². The van der Waals surface area contributed by atoms with Gasteiger partial charge in [0.25, 0.3) is 0 Å².